The topological polar surface area (TPSA) is 40.5 Å². The standard InChI is InChI=1S/C19H30O.C6H11NO/c1-2-3-4-5-6-7-16-8-10-17(11-9-16)18-12-14-19(20)15-13-18;1-6(5-8)4-7(2)3/h12-17,20H,2-11H2,1H3;5H,1,4H2,2-3H3. The van der Waals surface area contributed by atoms with Gasteiger partial charge in [0, 0.05) is 6.54 Å². The van der Waals surface area contributed by atoms with Gasteiger partial charge < -0.3 is 10.0 Å². The number of hydrogen-bond acceptors (Lipinski definition) is 3. The lowest BCUT2D eigenvalue weighted by Crippen LogP contribution is -2.14. The lowest BCUT2D eigenvalue weighted by atomic mass is 9.77. The lowest BCUT2D eigenvalue weighted by Gasteiger charge is -2.29. The van der Waals surface area contributed by atoms with Crippen LogP contribution in [0.5, 0.6) is 5.75 Å². The molecular formula is C25H41NO2. The number of aromatic hydroxyl groups is 1. The first-order valence-corrected chi connectivity index (χ1v) is 11.0. The van der Waals surface area contributed by atoms with Crippen molar-refractivity contribution in [3.8, 4) is 5.75 Å². The predicted octanol–water partition coefficient (Wildman–Crippen LogP) is 6.33. The highest BCUT2D eigenvalue weighted by molar-refractivity contribution is 5.72. The van der Waals surface area contributed by atoms with E-state index in [1.807, 2.05) is 31.1 Å². The number of phenolic OH excluding ortho intramolecular Hbond substituents is 1. The van der Waals surface area contributed by atoms with Crippen molar-refractivity contribution in [3.63, 3.8) is 0 Å². The summed E-state index contributed by atoms with van der Waals surface area (Å²) >= 11 is 0. The summed E-state index contributed by atoms with van der Waals surface area (Å²) < 4.78 is 0. The molecule has 2 rings (SSSR count). The zero-order valence-electron chi connectivity index (χ0n) is 18.3. The molecule has 28 heavy (non-hydrogen) atoms. The fourth-order valence-electron chi connectivity index (χ4n) is 4.01. The summed E-state index contributed by atoms with van der Waals surface area (Å²) in [6.07, 6.45) is 14.8. The molecule has 1 aromatic rings. The molecular weight excluding hydrogens is 346 g/mol. The fourth-order valence-corrected chi connectivity index (χ4v) is 4.01. The Morgan fingerprint density at radius 3 is 2.18 bits per heavy atom. The summed E-state index contributed by atoms with van der Waals surface area (Å²) in [5, 5.41) is 9.36. The van der Waals surface area contributed by atoms with Gasteiger partial charge in [-0.1, -0.05) is 64.2 Å². The molecule has 1 aromatic carbocycles. The van der Waals surface area contributed by atoms with Crippen LogP contribution in [0.25, 0.3) is 0 Å². The van der Waals surface area contributed by atoms with Crippen LogP contribution in [0.15, 0.2) is 36.4 Å². The van der Waals surface area contributed by atoms with Crippen LogP contribution in [0.1, 0.15) is 82.6 Å². The number of carbonyl (C=O) groups is 1. The van der Waals surface area contributed by atoms with Crippen LogP contribution in [0.2, 0.25) is 0 Å². The van der Waals surface area contributed by atoms with Gasteiger partial charge in [-0.15, -0.1) is 0 Å². The number of unbranched alkanes of at least 4 members (excludes halogenated alkanes) is 4. The zero-order chi connectivity index (χ0) is 20.8. The van der Waals surface area contributed by atoms with Crippen molar-refractivity contribution in [2.45, 2.75) is 77.0 Å². The number of likely N-dealkylation sites (N-methyl/N-ethyl adjacent to an activating group) is 1. The third-order valence-corrected chi connectivity index (χ3v) is 5.61. The van der Waals surface area contributed by atoms with Crippen LogP contribution in [0.4, 0.5) is 0 Å². The van der Waals surface area contributed by atoms with Gasteiger partial charge in [-0.3, -0.25) is 4.79 Å². The maximum Gasteiger partial charge on any atom is 0.146 e. The Morgan fingerprint density at radius 2 is 1.68 bits per heavy atom. The molecule has 0 radical (unpaired) electrons. The molecule has 3 heteroatoms. The van der Waals surface area contributed by atoms with Gasteiger partial charge in [0.1, 0.15) is 12.0 Å². The van der Waals surface area contributed by atoms with Gasteiger partial charge in [0.25, 0.3) is 0 Å². The van der Waals surface area contributed by atoms with Crippen molar-refractivity contribution in [3.05, 3.63) is 42.0 Å². The minimum absolute atomic E-state index is 0.384. The van der Waals surface area contributed by atoms with Gasteiger partial charge in [-0.25, -0.2) is 0 Å². The quantitative estimate of drug-likeness (QED) is 0.290. The van der Waals surface area contributed by atoms with Crippen LogP contribution in [-0.4, -0.2) is 36.9 Å². The van der Waals surface area contributed by atoms with E-state index in [2.05, 4.69) is 25.6 Å². The summed E-state index contributed by atoms with van der Waals surface area (Å²) in [5.41, 5.74) is 2.04. The molecule has 0 aromatic heterocycles. The van der Waals surface area contributed by atoms with E-state index in [4.69, 9.17) is 0 Å². The predicted molar refractivity (Wildman–Crippen MR) is 120 cm³/mol. The molecule has 0 unspecified atom stereocenters. The number of hydrogen-bond donors (Lipinski definition) is 1. The minimum atomic E-state index is 0.384. The number of aldehydes is 1. The van der Waals surface area contributed by atoms with Crippen LogP contribution < -0.4 is 0 Å². The molecule has 1 fully saturated rings. The number of phenols is 1. The minimum Gasteiger partial charge on any atom is -0.508 e. The molecule has 158 valence electrons. The Kier molecular flexibility index (Phi) is 12.6. The van der Waals surface area contributed by atoms with Crippen molar-refractivity contribution in [2.75, 3.05) is 20.6 Å². The molecule has 1 aliphatic carbocycles. The van der Waals surface area contributed by atoms with Gasteiger partial charge in [-0.05, 0) is 74.9 Å². The normalized spacial score (nSPS) is 19.0. The third kappa shape index (κ3) is 10.7. The summed E-state index contributed by atoms with van der Waals surface area (Å²) in [5.74, 6) is 2.09. The van der Waals surface area contributed by atoms with E-state index < -0.39 is 0 Å². The molecule has 0 amide bonds. The Morgan fingerprint density at radius 1 is 1.07 bits per heavy atom. The summed E-state index contributed by atoms with van der Waals surface area (Å²) in [7, 11) is 3.80. The highest BCUT2D eigenvalue weighted by atomic mass is 16.3. The van der Waals surface area contributed by atoms with E-state index in [-0.39, 0.29) is 0 Å². The van der Waals surface area contributed by atoms with E-state index >= 15 is 0 Å². The number of benzene rings is 1. The molecule has 3 nitrogen and oxygen atoms in total. The number of rotatable bonds is 10. The van der Waals surface area contributed by atoms with Crippen molar-refractivity contribution in [1.82, 2.24) is 4.90 Å². The maximum absolute atomic E-state index is 9.91. The smallest absolute Gasteiger partial charge is 0.146 e. The fraction of sp³-hybridized carbons (Fsp3) is 0.640. The summed E-state index contributed by atoms with van der Waals surface area (Å²) in [6, 6.07) is 7.86. The Balaban J connectivity index is 0.000000416. The van der Waals surface area contributed by atoms with E-state index in [9.17, 15) is 9.90 Å². The van der Waals surface area contributed by atoms with Gasteiger partial charge in [-0.2, -0.15) is 0 Å². The molecule has 0 heterocycles. The second-order valence-electron chi connectivity index (χ2n) is 8.53. The Labute approximate surface area is 172 Å². The average Bonchev–Trinajstić information content (AvgIpc) is 2.69. The molecule has 0 spiro atoms. The molecule has 1 saturated carbocycles. The molecule has 0 aliphatic heterocycles. The van der Waals surface area contributed by atoms with E-state index in [0.717, 1.165) is 18.1 Å². The first kappa shape index (κ1) is 24.4. The van der Waals surface area contributed by atoms with E-state index in [1.54, 1.807) is 0 Å². The third-order valence-electron chi connectivity index (χ3n) is 5.61. The molecule has 1 aliphatic rings. The maximum atomic E-state index is 9.91. The lowest BCUT2D eigenvalue weighted by molar-refractivity contribution is -0.105. The van der Waals surface area contributed by atoms with E-state index in [1.165, 1.54) is 69.8 Å². The highest BCUT2D eigenvalue weighted by Gasteiger charge is 2.21. The van der Waals surface area contributed by atoms with Crippen LogP contribution >= 0.6 is 0 Å². The van der Waals surface area contributed by atoms with Gasteiger partial charge in [0.15, 0.2) is 0 Å². The summed E-state index contributed by atoms with van der Waals surface area (Å²) in [6.45, 7) is 6.44. The first-order valence-electron chi connectivity index (χ1n) is 11.0. The van der Waals surface area contributed by atoms with Crippen molar-refractivity contribution < 1.29 is 9.90 Å². The SMILES string of the molecule is C=C(C=O)CN(C)C.CCCCCCCC1CCC(c2ccc(O)cc2)CC1. The van der Waals surface area contributed by atoms with E-state index in [0.29, 0.717) is 17.9 Å². The number of nitrogens with zero attached hydrogens (tertiary/aromatic N) is 1. The first-order chi connectivity index (χ1) is 13.5. The van der Waals surface area contributed by atoms with Crippen LogP contribution in [-0.2, 0) is 4.79 Å². The van der Waals surface area contributed by atoms with Crippen LogP contribution in [0.3, 0.4) is 0 Å². The second-order valence-corrected chi connectivity index (χ2v) is 8.53. The van der Waals surface area contributed by atoms with Gasteiger partial charge in [0.2, 0.25) is 0 Å². The molecule has 0 saturated heterocycles. The highest BCUT2D eigenvalue weighted by Crippen LogP contribution is 2.38. The Bertz CT molecular complexity index is 542. The summed E-state index contributed by atoms with van der Waals surface area (Å²) in [4.78, 5) is 11.8. The molecule has 0 bridgehead atoms. The largest absolute Gasteiger partial charge is 0.508 e. The average molecular weight is 388 g/mol. The van der Waals surface area contributed by atoms with Crippen molar-refractivity contribution >= 4 is 6.29 Å². The van der Waals surface area contributed by atoms with Gasteiger partial charge >= 0.3 is 0 Å². The second kappa shape index (κ2) is 14.4. The van der Waals surface area contributed by atoms with Gasteiger partial charge in [0.05, 0.1) is 0 Å². The Hall–Kier alpha value is -1.61. The monoisotopic (exact) mass is 387 g/mol. The molecule has 0 atom stereocenters. The van der Waals surface area contributed by atoms with Crippen LogP contribution in [0, 0.1) is 5.92 Å². The molecule has 1 N–H and O–H groups in total. The van der Waals surface area contributed by atoms with Crippen molar-refractivity contribution in [1.29, 1.82) is 0 Å². The number of carbonyl (C=O) groups excluding carboxylic acids is 1. The van der Waals surface area contributed by atoms with Crippen molar-refractivity contribution in [2.24, 2.45) is 5.92 Å². The zero-order valence-corrected chi connectivity index (χ0v) is 18.3.